The molecule has 0 saturated heterocycles. The van der Waals surface area contributed by atoms with E-state index in [4.69, 9.17) is 5.73 Å². The highest BCUT2D eigenvalue weighted by atomic mass is 19.1. The third-order valence-corrected chi connectivity index (χ3v) is 2.23. The molecule has 4 nitrogen and oxygen atoms in total. The van der Waals surface area contributed by atoms with Crippen LogP contribution < -0.4 is 11.1 Å². The molecule has 2 aromatic rings. The first-order valence-electron chi connectivity index (χ1n) is 5.31. The summed E-state index contributed by atoms with van der Waals surface area (Å²) in [6.07, 6.45) is 3.36. The van der Waals surface area contributed by atoms with E-state index >= 15 is 0 Å². The summed E-state index contributed by atoms with van der Waals surface area (Å²) < 4.78 is 12.7. The maximum Gasteiger partial charge on any atom is 0.159 e. The van der Waals surface area contributed by atoms with Crippen LogP contribution in [0.25, 0.3) is 11.4 Å². The molecule has 1 aromatic heterocycles. The molecule has 88 valence electrons. The van der Waals surface area contributed by atoms with Crippen LogP contribution in [0.3, 0.4) is 0 Å². The molecule has 0 aliphatic carbocycles. The highest BCUT2D eigenvalue weighted by Crippen LogP contribution is 2.15. The number of aromatic nitrogens is 2. The van der Waals surface area contributed by atoms with E-state index in [0.717, 1.165) is 11.3 Å². The molecule has 0 saturated carbocycles. The van der Waals surface area contributed by atoms with Crippen LogP contribution >= 0.6 is 0 Å². The van der Waals surface area contributed by atoms with Crippen molar-refractivity contribution in [2.24, 2.45) is 5.73 Å². The van der Waals surface area contributed by atoms with Gasteiger partial charge in [-0.25, -0.2) is 14.4 Å². The summed E-state index contributed by atoms with van der Waals surface area (Å²) in [5.74, 6) is 0.304. The van der Waals surface area contributed by atoms with Crippen LogP contribution in [0.5, 0.6) is 0 Å². The second kappa shape index (κ2) is 5.36. The number of halogens is 1. The fourth-order valence-electron chi connectivity index (χ4n) is 1.38. The Morgan fingerprint density at radius 1 is 1.12 bits per heavy atom. The van der Waals surface area contributed by atoms with E-state index < -0.39 is 0 Å². The molecule has 0 aliphatic rings. The van der Waals surface area contributed by atoms with Gasteiger partial charge in [0.2, 0.25) is 0 Å². The quantitative estimate of drug-likeness (QED) is 0.841. The van der Waals surface area contributed by atoms with Crippen molar-refractivity contribution in [2.75, 3.05) is 18.4 Å². The average molecular weight is 232 g/mol. The van der Waals surface area contributed by atoms with Crippen LogP contribution in [0.2, 0.25) is 0 Å². The molecule has 1 heterocycles. The van der Waals surface area contributed by atoms with Gasteiger partial charge in [-0.05, 0) is 24.3 Å². The first-order valence-corrected chi connectivity index (χ1v) is 5.31. The summed E-state index contributed by atoms with van der Waals surface area (Å²) >= 11 is 0. The molecule has 0 spiro atoms. The zero-order valence-corrected chi connectivity index (χ0v) is 9.23. The zero-order chi connectivity index (χ0) is 12.1. The number of hydrogen-bond donors (Lipinski definition) is 2. The van der Waals surface area contributed by atoms with Crippen molar-refractivity contribution in [2.45, 2.75) is 0 Å². The van der Waals surface area contributed by atoms with Crippen molar-refractivity contribution in [3.63, 3.8) is 0 Å². The van der Waals surface area contributed by atoms with Gasteiger partial charge in [0.1, 0.15) is 5.82 Å². The van der Waals surface area contributed by atoms with Crippen molar-refractivity contribution in [1.29, 1.82) is 0 Å². The molecule has 1 aromatic carbocycles. The predicted octanol–water partition coefficient (Wildman–Crippen LogP) is 1.65. The summed E-state index contributed by atoms with van der Waals surface area (Å²) in [4.78, 5) is 8.39. The molecule has 3 N–H and O–H groups in total. The van der Waals surface area contributed by atoms with E-state index in [1.165, 1.54) is 12.1 Å². The van der Waals surface area contributed by atoms with Crippen LogP contribution in [-0.2, 0) is 0 Å². The second-order valence-corrected chi connectivity index (χ2v) is 3.52. The lowest BCUT2D eigenvalue weighted by molar-refractivity contribution is 0.628. The second-order valence-electron chi connectivity index (χ2n) is 3.52. The van der Waals surface area contributed by atoms with Crippen molar-refractivity contribution in [3.8, 4) is 11.4 Å². The molecule has 0 aliphatic heterocycles. The lowest BCUT2D eigenvalue weighted by Crippen LogP contribution is -2.13. The molecular weight excluding hydrogens is 219 g/mol. The summed E-state index contributed by atoms with van der Waals surface area (Å²) in [5.41, 5.74) is 6.98. The maximum atomic E-state index is 12.7. The first-order chi connectivity index (χ1) is 8.29. The lowest BCUT2D eigenvalue weighted by Gasteiger charge is -2.04. The van der Waals surface area contributed by atoms with Crippen LogP contribution in [0.15, 0.2) is 36.7 Å². The van der Waals surface area contributed by atoms with Gasteiger partial charge in [0.15, 0.2) is 5.82 Å². The Kier molecular flexibility index (Phi) is 3.62. The third-order valence-electron chi connectivity index (χ3n) is 2.23. The highest BCUT2D eigenvalue weighted by Gasteiger charge is 2.01. The minimum absolute atomic E-state index is 0.269. The predicted molar refractivity (Wildman–Crippen MR) is 65.0 cm³/mol. The van der Waals surface area contributed by atoms with E-state index in [0.29, 0.717) is 18.9 Å². The van der Waals surface area contributed by atoms with E-state index in [2.05, 4.69) is 15.3 Å². The van der Waals surface area contributed by atoms with Crippen LogP contribution in [0.1, 0.15) is 0 Å². The Balaban J connectivity index is 2.14. The van der Waals surface area contributed by atoms with Gasteiger partial charge in [-0.1, -0.05) is 0 Å². The summed E-state index contributed by atoms with van der Waals surface area (Å²) in [7, 11) is 0. The molecular formula is C12H13FN4. The van der Waals surface area contributed by atoms with E-state index in [1.807, 2.05) is 0 Å². The summed E-state index contributed by atoms with van der Waals surface area (Å²) in [6.45, 7) is 1.24. The smallest absolute Gasteiger partial charge is 0.159 e. The monoisotopic (exact) mass is 232 g/mol. The number of rotatable bonds is 4. The van der Waals surface area contributed by atoms with Gasteiger partial charge in [0.05, 0.1) is 18.1 Å². The van der Waals surface area contributed by atoms with Crippen LogP contribution in [0.4, 0.5) is 10.1 Å². The van der Waals surface area contributed by atoms with Crippen molar-refractivity contribution >= 4 is 5.69 Å². The molecule has 5 heteroatoms. The van der Waals surface area contributed by atoms with Gasteiger partial charge < -0.3 is 11.1 Å². The Morgan fingerprint density at radius 3 is 2.35 bits per heavy atom. The van der Waals surface area contributed by atoms with Crippen molar-refractivity contribution in [1.82, 2.24) is 9.97 Å². The number of nitrogens with one attached hydrogen (secondary N) is 1. The SMILES string of the molecule is NCCNc1cnc(-c2ccc(F)cc2)nc1. The standard InChI is InChI=1S/C12H13FN4/c13-10-3-1-9(2-4-10)12-16-7-11(8-17-12)15-6-5-14/h1-4,7-8,15H,5-6,14H2. The lowest BCUT2D eigenvalue weighted by atomic mass is 10.2. The number of benzene rings is 1. The Morgan fingerprint density at radius 2 is 1.76 bits per heavy atom. The van der Waals surface area contributed by atoms with E-state index in [9.17, 15) is 4.39 Å². The molecule has 0 fully saturated rings. The molecule has 0 radical (unpaired) electrons. The Hall–Kier alpha value is -2.01. The largest absolute Gasteiger partial charge is 0.381 e. The van der Waals surface area contributed by atoms with Crippen LogP contribution in [0, 0.1) is 5.82 Å². The number of nitrogens with two attached hydrogens (primary N) is 1. The fraction of sp³-hybridized carbons (Fsp3) is 0.167. The van der Waals surface area contributed by atoms with Crippen LogP contribution in [-0.4, -0.2) is 23.1 Å². The Bertz CT molecular complexity index is 467. The Labute approximate surface area is 98.7 Å². The number of nitrogens with zero attached hydrogens (tertiary/aromatic N) is 2. The molecule has 2 rings (SSSR count). The fourth-order valence-corrected chi connectivity index (χ4v) is 1.38. The maximum absolute atomic E-state index is 12.7. The highest BCUT2D eigenvalue weighted by molar-refractivity contribution is 5.55. The molecule has 0 amide bonds. The number of hydrogen-bond acceptors (Lipinski definition) is 4. The van der Waals surface area contributed by atoms with Gasteiger partial charge in [-0.2, -0.15) is 0 Å². The molecule has 0 atom stereocenters. The van der Waals surface area contributed by atoms with Gasteiger partial charge in [-0.3, -0.25) is 0 Å². The minimum Gasteiger partial charge on any atom is -0.381 e. The van der Waals surface area contributed by atoms with E-state index in [-0.39, 0.29) is 5.82 Å². The zero-order valence-electron chi connectivity index (χ0n) is 9.23. The molecule has 0 unspecified atom stereocenters. The minimum atomic E-state index is -0.269. The third kappa shape index (κ3) is 2.98. The molecule has 0 bridgehead atoms. The summed E-state index contributed by atoms with van der Waals surface area (Å²) in [6, 6.07) is 6.08. The molecule has 17 heavy (non-hydrogen) atoms. The van der Waals surface area contributed by atoms with E-state index in [1.54, 1.807) is 24.5 Å². The van der Waals surface area contributed by atoms with Gasteiger partial charge in [0.25, 0.3) is 0 Å². The topological polar surface area (TPSA) is 63.8 Å². The summed E-state index contributed by atoms with van der Waals surface area (Å²) in [5, 5.41) is 3.07. The first kappa shape index (κ1) is 11.5. The van der Waals surface area contributed by atoms with Crippen molar-refractivity contribution < 1.29 is 4.39 Å². The van der Waals surface area contributed by atoms with Crippen molar-refractivity contribution in [3.05, 3.63) is 42.5 Å². The average Bonchev–Trinajstić information content (AvgIpc) is 2.38. The van der Waals surface area contributed by atoms with Gasteiger partial charge in [0, 0.05) is 18.7 Å². The van der Waals surface area contributed by atoms with Gasteiger partial charge in [-0.15, -0.1) is 0 Å². The van der Waals surface area contributed by atoms with Gasteiger partial charge >= 0.3 is 0 Å². The number of anilines is 1. The normalized spacial score (nSPS) is 10.2.